The molecule has 2 rings (SSSR count). The molecule has 1 N–H and O–H groups in total. The van der Waals surface area contributed by atoms with Crippen molar-refractivity contribution in [3.05, 3.63) is 28.2 Å². The number of hydrogen-bond donors (Lipinski definition) is 1. The van der Waals surface area contributed by atoms with Crippen molar-refractivity contribution in [3.63, 3.8) is 0 Å². The molecule has 0 amide bonds. The van der Waals surface area contributed by atoms with Crippen LogP contribution >= 0.6 is 15.9 Å². The van der Waals surface area contributed by atoms with Crippen LogP contribution in [0, 0.1) is 6.92 Å². The molecule has 0 spiro atoms. The Morgan fingerprint density at radius 1 is 1.47 bits per heavy atom. The molecule has 1 aliphatic heterocycles. The summed E-state index contributed by atoms with van der Waals surface area (Å²) in [7, 11) is -3.78. The fraction of sp³-hybridized carbons (Fsp3) is 0.417. The first-order valence-electron chi connectivity index (χ1n) is 5.85. The van der Waals surface area contributed by atoms with Crippen molar-refractivity contribution in [2.45, 2.75) is 30.7 Å². The maximum absolute atomic E-state index is 12.6. The van der Waals surface area contributed by atoms with Gasteiger partial charge in [0.15, 0.2) is 0 Å². The van der Waals surface area contributed by atoms with E-state index in [0.717, 1.165) is 9.87 Å². The Balaban J connectivity index is 2.48. The molecule has 1 atom stereocenters. The van der Waals surface area contributed by atoms with Crippen LogP contribution in [0.25, 0.3) is 0 Å². The van der Waals surface area contributed by atoms with Crippen molar-refractivity contribution < 1.29 is 18.3 Å². The van der Waals surface area contributed by atoms with E-state index in [0.29, 0.717) is 17.3 Å². The summed E-state index contributed by atoms with van der Waals surface area (Å²) in [5, 5.41) is 9.10. The maximum Gasteiger partial charge on any atom is 0.322 e. The van der Waals surface area contributed by atoms with Crippen molar-refractivity contribution >= 4 is 31.9 Å². The second-order valence-corrected chi connectivity index (χ2v) is 7.15. The SMILES string of the molecule is Cc1cccc(S(=O)(=O)N2CCC[C@@H]2C(=O)O)c1Br. The molecule has 0 saturated carbocycles. The lowest BCUT2D eigenvalue weighted by atomic mass is 10.2. The molecule has 19 heavy (non-hydrogen) atoms. The van der Waals surface area contributed by atoms with E-state index in [1.54, 1.807) is 19.1 Å². The van der Waals surface area contributed by atoms with E-state index in [1.165, 1.54) is 6.07 Å². The minimum atomic E-state index is -3.78. The lowest BCUT2D eigenvalue weighted by Crippen LogP contribution is -2.40. The predicted octanol–water partition coefficient (Wildman–Crippen LogP) is 2.00. The van der Waals surface area contributed by atoms with Gasteiger partial charge >= 0.3 is 5.97 Å². The van der Waals surface area contributed by atoms with E-state index in [-0.39, 0.29) is 11.4 Å². The van der Waals surface area contributed by atoms with Crippen molar-refractivity contribution in [2.24, 2.45) is 0 Å². The Morgan fingerprint density at radius 3 is 2.79 bits per heavy atom. The summed E-state index contributed by atoms with van der Waals surface area (Å²) in [6.45, 7) is 2.04. The van der Waals surface area contributed by atoms with Crippen molar-refractivity contribution in [3.8, 4) is 0 Å². The largest absolute Gasteiger partial charge is 0.480 e. The Bertz CT molecular complexity index is 614. The van der Waals surface area contributed by atoms with Crippen LogP contribution < -0.4 is 0 Å². The minimum Gasteiger partial charge on any atom is -0.480 e. The first-order valence-corrected chi connectivity index (χ1v) is 8.09. The van der Waals surface area contributed by atoms with E-state index in [2.05, 4.69) is 15.9 Å². The van der Waals surface area contributed by atoms with Crippen LogP contribution in [0.3, 0.4) is 0 Å². The standard InChI is InChI=1S/C12H14BrNO4S/c1-8-4-2-6-10(11(8)13)19(17,18)14-7-3-5-9(14)12(15)16/h2,4,6,9H,3,5,7H2,1H3,(H,15,16)/t9-/m1/s1. The highest BCUT2D eigenvalue weighted by molar-refractivity contribution is 9.10. The number of sulfonamides is 1. The lowest BCUT2D eigenvalue weighted by molar-refractivity contribution is -0.140. The molecule has 104 valence electrons. The van der Waals surface area contributed by atoms with Crippen molar-refractivity contribution in [1.29, 1.82) is 0 Å². The number of aliphatic carboxylic acids is 1. The van der Waals surface area contributed by atoms with E-state index in [1.807, 2.05) is 0 Å². The smallest absolute Gasteiger partial charge is 0.322 e. The van der Waals surface area contributed by atoms with Gasteiger partial charge in [-0.1, -0.05) is 12.1 Å². The quantitative estimate of drug-likeness (QED) is 0.907. The molecule has 1 saturated heterocycles. The summed E-state index contributed by atoms with van der Waals surface area (Å²) in [4.78, 5) is 11.2. The van der Waals surface area contributed by atoms with Crippen LogP contribution in [0.1, 0.15) is 18.4 Å². The summed E-state index contributed by atoms with van der Waals surface area (Å²) >= 11 is 3.27. The predicted molar refractivity (Wildman–Crippen MR) is 73.4 cm³/mol. The average molecular weight is 348 g/mol. The molecule has 1 heterocycles. The van der Waals surface area contributed by atoms with Gasteiger partial charge in [0.2, 0.25) is 10.0 Å². The number of rotatable bonds is 3. The number of benzene rings is 1. The van der Waals surface area contributed by atoms with Crippen molar-refractivity contribution in [2.75, 3.05) is 6.54 Å². The van der Waals surface area contributed by atoms with E-state index in [9.17, 15) is 13.2 Å². The average Bonchev–Trinajstić information content (AvgIpc) is 2.82. The fourth-order valence-corrected chi connectivity index (χ4v) is 4.89. The lowest BCUT2D eigenvalue weighted by Gasteiger charge is -2.22. The van der Waals surface area contributed by atoms with E-state index in [4.69, 9.17) is 5.11 Å². The molecule has 1 aliphatic rings. The number of nitrogens with zero attached hydrogens (tertiary/aromatic N) is 1. The number of carboxylic acid groups (broad SMARTS) is 1. The van der Waals surface area contributed by atoms with Gasteiger partial charge in [-0.15, -0.1) is 0 Å². The Morgan fingerprint density at radius 2 is 2.16 bits per heavy atom. The highest BCUT2D eigenvalue weighted by Gasteiger charge is 2.40. The molecule has 1 aromatic carbocycles. The van der Waals surface area contributed by atoms with Crippen LogP contribution in [0.15, 0.2) is 27.6 Å². The van der Waals surface area contributed by atoms with Crippen LogP contribution in [-0.2, 0) is 14.8 Å². The molecular weight excluding hydrogens is 334 g/mol. The molecule has 7 heteroatoms. The zero-order chi connectivity index (χ0) is 14.2. The maximum atomic E-state index is 12.6. The molecule has 5 nitrogen and oxygen atoms in total. The molecule has 0 unspecified atom stereocenters. The van der Waals surface area contributed by atoms with Gasteiger partial charge in [0.1, 0.15) is 6.04 Å². The number of hydrogen-bond acceptors (Lipinski definition) is 3. The fourth-order valence-electron chi connectivity index (χ4n) is 2.22. The molecular formula is C12H14BrNO4S. The third kappa shape index (κ3) is 2.54. The van der Waals surface area contributed by atoms with Gasteiger partial charge in [0, 0.05) is 11.0 Å². The van der Waals surface area contributed by atoms with Gasteiger partial charge < -0.3 is 5.11 Å². The summed E-state index contributed by atoms with van der Waals surface area (Å²) in [6, 6.07) is 3.97. The minimum absolute atomic E-state index is 0.126. The topological polar surface area (TPSA) is 74.7 Å². The first kappa shape index (κ1) is 14.5. The molecule has 1 aromatic rings. The Labute approximate surface area is 120 Å². The van der Waals surface area contributed by atoms with Crippen LogP contribution in [0.5, 0.6) is 0 Å². The Hall–Kier alpha value is -0.920. The van der Waals surface area contributed by atoms with Crippen LogP contribution in [0.4, 0.5) is 0 Å². The van der Waals surface area contributed by atoms with Gasteiger partial charge in [0.25, 0.3) is 0 Å². The van der Waals surface area contributed by atoms with Gasteiger partial charge in [-0.25, -0.2) is 8.42 Å². The second-order valence-electron chi connectivity index (χ2n) is 4.50. The third-order valence-electron chi connectivity index (χ3n) is 3.23. The van der Waals surface area contributed by atoms with Crippen LogP contribution in [-0.4, -0.2) is 36.4 Å². The number of carboxylic acids is 1. The second kappa shape index (κ2) is 5.22. The van der Waals surface area contributed by atoms with E-state index >= 15 is 0 Å². The summed E-state index contributed by atoms with van der Waals surface area (Å²) in [5.41, 5.74) is 0.798. The number of halogens is 1. The summed E-state index contributed by atoms with van der Waals surface area (Å²) < 4.78 is 26.7. The molecule has 1 fully saturated rings. The van der Waals surface area contributed by atoms with Gasteiger partial charge in [-0.3, -0.25) is 4.79 Å². The monoisotopic (exact) mass is 347 g/mol. The zero-order valence-electron chi connectivity index (χ0n) is 10.3. The zero-order valence-corrected chi connectivity index (χ0v) is 12.7. The molecule has 0 radical (unpaired) electrons. The first-order chi connectivity index (χ1) is 8.85. The molecule has 0 bridgehead atoms. The summed E-state index contributed by atoms with van der Waals surface area (Å²) in [6.07, 6.45) is 0.928. The van der Waals surface area contributed by atoms with Crippen molar-refractivity contribution in [1.82, 2.24) is 4.31 Å². The molecule has 0 aromatic heterocycles. The summed E-state index contributed by atoms with van der Waals surface area (Å²) in [5.74, 6) is -1.09. The van der Waals surface area contributed by atoms with Gasteiger partial charge in [-0.05, 0) is 47.3 Å². The number of carbonyl (C=O) groups is 1. The number of aryl methyl sites for hydroxylation is 1. The molecule has 0 aliphatic carbocycles. The normalized spacial score (nSPS) is 20.6. The van der Waals surface area contributed by atoms with E-state index < -0.39 is 22.0 Å². The third-order valence-corrected chi connectivity index (χ3v) is 6.50. The van der Waals surface area contributed by atoms with Gasteiger partial charge in [0.05, 0.1) is 4.90 Å². The highest BCUT2D eigenvalue weighted by atomic mass is 79.9. The van der Waals surface area contributed by atoms with Gasteiger partial charge in [-0.2, -0.15) is 4.31 Å². The highest BCUT2D eigenvalue weighted by Crippen LogP contribution is 2.31. The Kier molecular flexibility index (Phi) is 3.98. The van der Waals surface area contributed by atoms with Crippen LogP contribution in [0.2, 0.25) is 0 Å².